The van der Waals surface area contributed by atoms with Crippen LogP contribution in [0.2, 0.25) is 0 Å². The summed E-state index contributed by atoms with van der Waals surface area (Å²) >= 11 is 0. The fourth-order valence-corrected chi connectivity index (χ4v) is 5.75. The standard InChI is InChI=1S/C28H38N4O3.2ClH/c1-5-31(28(34)35)26-16-19(2)32(4,20(3)33)27-11-10-23(17-25(26)27)22-8-6-21(7-9-22)18-30-14-12-24(29)13-15-30;;/h6-11,17,19,24,26H,5,12-16,18,29H2,1-4H3;2*1H/t19-,26?,32+;;/m0../s1. The van der Waals surface area contributed by atoms with E-state index in [0.29, 0.717) is 19.0 Å². The van der Waals surface area contributed by atoms with Crippen molar-refractivity contribution in [3.63, 3.8) is 0 Å². The van der Waals surface area contributed by atoms with Gasteiger partial charge < -0.3 is 20.5 Å². The zero-order chi connectivity index (χ0) is 25.3. The predicted molar refractivity (Wildman–Crippen MR) is 152 cm³/mol. The van der Waals surface area contributed by atoms with Crippen LogP contribution in [0.3, 0.4) is 0 Å². The number of piperidine rings is 1. The van der Waals surface area contributed by atoms with E-state index in [-0.39, 0.29) is 47.3 Å². The van der Waals surface area contributed by atoms with Crippen LogP contribution in [0.1, 0.15) is 57.2 Å². The SMILES string of the molecule is CCN(C(=O)[O-])C1C[C@H](C)[N@+](C)(C(C)=O)c2ccc(-c3ccc(CN4CCC(N)CC4)cc3)cc21.Cl.Cl. The second kappa shape index (κ2) is 12.6. The number of halogens is 2. The van der Waals surface area contributed by atoms with Crippen LogP contribution in [0, 0.1) is 0 Å². The smallest absolute Gasteiger partial charge is 0.315 e. The summed E-state index contributed by atoms with van der Waals surface area (Å²) in [6, 6.07) is 14.6. The van der Waals surface area contributed by atoms with Gasteiger partial charge in [0.25, 0.3) is 0 Å². The molecular formula is C28H40Cl2N4O3. The van der Waals surface area contributed by atoms with Gasteiger partial charge in [0, 0.05) is 37.2 Å². The number of carboxylic acid groups (broad SMARTS) is 1. The Bertz CT molecular complexity index is 1090. The number of amides is 2. The summed E-state index contributed by atoms with van der Waals surface area (Å²) in [7, 11) is 1.93. The number of benzene rings is 2. The molecule has 0 bridgehead atoms. The van der Waals surface area contributed by atoms with E-state index in [9.17, 15) is 14.7 Å². The first-order chi connectivity index (χ1) is 16.6. The molecule has 37 heavy (non-hydrogen) atoms. The van der Waals surface area contributed by atoms with Gasteiger partial charge >= 0.3 is 5.91 Å². The summed E-state index contributed by atoms with van der Waals surface area (Å²) in [6.07, 6.45) is 1.48. The first-order valence-corrected chi connectivity index (χ1v) is 12.7. The lowest BCUT2D eigenvalue weighted by molar-refractivity contribution is -0.268. The molecule has 7 nitrogen and oxygen atoms in total. The molecule has 1 saturated heterocycles. The molecule has 0 spiro atoms. The monoisotopic (exact) mass is 550 g/mol. The number of carbonyl (C=O) groups is 2. The maximum absolute atomic E-state index is 12.8. The van der Waals surface area contributed by atoms with Gasteiger partial charge in [0.2, 0.25) is 0 Å². The summed E-state index contributed by atoms with van der Waals surface area (Å²) in [5, 5.41) is 11.9. The highest BCUT2D eigenvalue weighted by Gasteiger charge is 2.47. The number of hydrogen-bond acceptors (Lipinski definition) is 5. The maximum atomic E-state index is 12.8. The van der Waals surface area contributed by atoms with Crippen LogP contribution in [0.5, 0.6) is 0 Å². The molecule has 2 aliphatic heterocycles. The Morgan fingerprint density at radius 3 is 2.22 bits per heavy atom. The summed E-state index contributed by atoms with van der Waals surface area (Å²) < 4.78 is 0.162. The Kier molecular flexibility index (Phi) is 10.6. The van der Waals surface area contributed by atoms with Crippen LogP contribution in [-0.2, 0) is 11.3 Å². The molecule has 1 unspecified atom stereocenters. The molecule has 4 rings (SSSR count). The Hall–Kier alpha value is -2.16. The highest BCUT2D eigenvalue weighted by atomic mass is 35.5. The molecule has 2 aromatic rings. The van der Waals surface area contributed by atoms with E-state index in [1.807, 2.05) is 33.0 Å². The summed E-state index contributed by atoms with van der Waals surface area (Å²) in [6.45, 7) is 8.78. The van der Waals surface area contributed by atoms with E-state index in [1.165, 1.54) is 10.5 Å². The number of nitrogens with two attached hydrogens (primary N) is 1. The number of carbonyl (C=O) groups excluding carboxylic acids is 2. The number of nitrogens with zero attached hydrogens (tertiary/aromatic N) is 3. The second-order valence-corrected chi connectivity index (χ2v) is 10.3. The van der Waals surface area contributed by atoms with E-state index in [1.54, 1.807) is 6.92 Å². The van der Waals surface area contributed by atoms with E-state index in [2.05, 4.69) is 35.2 Å². The molecule has 2 aromatic carbocycles. The lowest BCUT2D eigenvalue weighted by atomic mass is 9.86. The minimum absolute atomic E-state index is 0. The molecule has 204 valence electrons. The van der Waals surface area contributed by atoms with Crippen LogP contribution < -0.4 is 15.3 Å². The van der Waals surface area contributed by atoms with Crippen molar-refractivity contribution >= 4 is 42.5 Å². The zero-order valence-corrected chi connectivity index (χ0v) is 23.8. The minimum Gasteiger partial charge on any atom is -0.530 e. The van der Waals surface area contributed by atoms with Gasteiger partial charge in [-0.1, -0.05) is 24.3 Å². The molecule has 0 aliphatic carbocycles. The minimum atomic E-state index is -1.18. The summed E-state index contributed by atoms with van der Waals surface area (Å²) in [4.78, 5) is 28.5. The van der Waals surface area contributed by atoms with E-state index in [4.69, 9.17) is 5.73 Å². The van der Waals surface area contributed by atoms with E-state index in [0.717, 1.165) is 54.9 Å². The van der Waals surface area contributed by atoms with Gasteiger partial charge in [0.05, 0.1) is 26.1 Å². The molecule has 9 heteroatoms. The average Bonchev–Trinajstić information content (AvgIpc) is 2.84. The lowest BCUT2D eigenvalue weighted by Crippen LogP contribution is -2.60. The van der Waals surface area contributed by atoms with Crippen LogP contribution in [0.4, 0.5) is 10.5 Å². The highest BCUT2D eigenvalue weighted by Crippen LogP contribution is 2.45. The fraction of sp³-hybridized carbons (Fsp3) is 0.500. The number of likely N-dealkylation sites (tertiary alicyclic amines) is 1. The third-order valence-electron chi connectivity index (χ3n) is 8.26. The van der Waals surface area contributed by atoms with Crippen LogP contribution in [0.15, 0.2) is 42.5 Å². The molecule has 2 N–H and O–H groups in total. The number of fused-ring (bicyclic) bond motifs is 1. The molecule has 2 heterocycles. The Morgan fingerprint density at radius 2 is 1.68 bits per heavy atom. The zero-order valence-electron chi connectivity index (χ0n) is 22.2. The van der Waals surface area contributed by atoms with Gasteiger partial charge in [-0.15, -0.1) is 24.8 Å². The topological polar surface area (TPSA) is 89.7 Å². The second-order valence-electron chi connectivity index (χ2n) is 10.3. The first-order valence-electron chi connectivity index (χ1n) is 12.7. The van der Waals surface area contributed by atoms with E-state index < -0.39 is 6.09 Å². The van der Waals surface area contributed by atoms with Crippen molar-refractivity contribution in [2.75, 3.05) is 26.7 Å². The predicted octanol–water partition coefficient (Wildman–Crippen LogP) is 4.10. The van der Waals surface area contributed by atoms with Gasteiger partial charge in [-0.3, -0.25) is 4.90 Å². The van der Waals surface area contributed by atoms with Crippen LogP contribution in [-0.4, -0.2) is 60.6 Å². The van der Waals surface area contributed by atoms with Crippen molar-refractivity contribution in [1.82, 2.24) is 14.3 Å². The maximum Gasteiger partial charge on any atom is 0.315 e. The molecular weight excluding hydrogens is 511 g/mol. The Balaban J connectivity index is 0.00000241. The molecule has 3 atom stereocenters. The van der Waals surface area contributed by atoms with Gasteiger partial charge in [0.15, 0.2) is 0 Å². The Labute approximate surface area is 233 Å². The van der Waals surface area contributed by atoms with Crippen molar-refractivity contribution < 1.29 is 14.7 Å². The lowest BCUT2D eigenvalue weighted by Gasteiger charge is -2.47. The van der Waals surface area contributed by atoms with Crippen LogP contribution >= 0.6 is 24.8 Å². The third-order valence-corrected chi connectivity index (χ3v) is 8.26. The van der Waals surface area contributed by atoms with Gasteiger partial charge in [-0.05, 0) is 68.6 Å². The van der Waals surface area contributed by atoms with Crippen molar-refractivity contribution in [3.05, 3.63) is 53.6 Å². The normalized spacial score (nSPS) is 23.8. The van der Waals surface area contributed by atoms with Crippen LogP contribution in [0.25, 0.3) is 11.1 Å². The molecule has 2 amide bonds. The quantitative estimate of drug-likeness (QED) is 0.566. The third kappa shape index (κ3) is 6.13. The molecule has 0 saturated carbocycles. The number of rotatable bonds is 5. The Morgan fingerprint density at radius 1 is 1.08 bits per heavy atom. The molecule has 0 aromatic heterocycles. The van der Waals surface area contributed by atoms with Gasteiger partial charge in [-0.2, -0.15) is 0 Å². The largest absolute Gasteiger partial charge is 0.530 e. The van der Waals surface area contributed by atoms with Crippen molar-refractivity contribution in [1.29, 1.82) is 0 Å². The average molecular weight is 552 g/mol. The summed E-state index contributed by atoms with van der Waals surface area (Å²) in [5.74, 6) is 0.0458. The van der Waals surface area contributed by atoms with Crippen molar-refractivity contribution in [2.45, 2.75) is 64.7 Å². The van der Waals surface area contributed by atoms with Crippen molar-refractivity contribution in [3.8, 4) is 11.1 Å². The first kappa shape index (κ1) is 31.1. The molecule has 0 radical (unpaired) electrons. The van der Waals surface area contributed by atoms with Gasteiger partial charge in [0.1, 0.15) is 11.8 Å². The molecule has 1 fully saturated rings. The van der Waals surface area contributed by atoms with E-state index >= 15 is 0 Å². The van der Waals surface area contributed by atoms with Gasteiger partial charge in [-0.25, -0.2) is 9.28 Å². The number of quaternary nitrogens is 1. The fourth-order valence-electron chi connectivity index (χ4n) is 5.75. The van der Waals surface area contributed by atoms with Crippen molar-refractivity contribution in [2.24, 2.45) is 5.73 Å². The number of hydrogen-bond donors (Lipinski definition) is 1. The summed E-state index contributed by atoms with van der Waals surface area (Å²) in [5.41, 5.74) is 11.1. The highest BCUT2D eigenvalue weighted by molar-refractivity contribution is 5.89. The molecule has 2 aliphatic rings.